The Balaban J connectivity index is 2.07. The van der Waals surface area contributed by atoms with Gasteiger partial charge >= 0.3 is 0 Å². The van der Waals surface area contributed by atoms with Gasteiger partial charge in [-0.25, -0.2) is 9.38 Å². The number of halogens is 1. The van der Waals surface area contributed by atoms with Crippen molar-refractivity contribution in [1.29, 1.82) is 0 Å². The number of nitrogens with one attached hydrogen (secondary N) is 2. The number of aliphatic imine (C=N–C) groups is 1. The van der Waals surface area contributed by atoms with Crippen LogP contribution in [0.3, 0.4) is 0 Å². The van der Waals surface area contributed by atoms with E-state index in [9.17, 15) is 4.39 Å². The van der Waals surface area contributed by atoms with Crippen molar-refractivity contribution in [3.8, 4) is 23.8 Å². The molecular formula is C21H24FN3O2. The molecule has 0 aliphatic rings. The van der Waals surface area contributed by atoms with E-state index < -0.39 is 0 Å². The molecule has 0 aliphatic heterocycles. The summed E-state index contributed by atoms with van der Waals surface area (Å²) in [4.78, 5) is 4.54. The van der Waals surface area contributed by atoms with E-state index in [-0.39, 0.29) is 12.4 Å². The summed E-state index contributed by atoms with van der Waals surface area (Å²) in [6.07, 6.45) is 5.25. The van der Waals surface area contributed by atoms with Gasteiger partial charge in [0, 0.05) is 18.7 Å². The van der Waals surface area contributed by atoms with Gasteiger partial charge in [0.25, 0.3) is 0 Å². The summed E-state index contributed by atoms with van der Waals surface area (Å²) in [5.74, 6) is 3.98. The predicted octanol–water partition coefficient (Wildman–Crippen LogP) is 3.10. The lowest BCUT2D eigenvalue weighted by atomic mass is 10.2. The molecule has 0 heterocycles. The lowest BCUT2D eigenvalue weighted by Crippen LogP contribution is -2.37. The van der Waals surface area contributed by atoms with E-state index in [0.717, 1.165) is 5.56 Å². The summed E-state index contributed by atoms with van der Waals surface area (Å²) in [5.41, 5.74) is 1.52. The number of nitrogens with zero attached hydrogens (tertiary/aromatic N) is 1. The normalized spacial score (nSPS) is 10.8. The van der Waals surface area contributed by atoms with Gasteiger partial charge in [-0.1, -0.05) is 30.2 Å². The topological polar surface area (TPSA) is 54.9 Å². The number of hydrogen-bond donors (Lipinski definition) is 2. The Labute approximate surface area is 159 Å². The number of rotatable bonds is 8. The number of terminal acetylenes is 1. The van der Waals surface area contributed by atoms with Crippen LogP contribution in [0.2, 0.25) is 0 Å². The average Bonchev–Trinajstić information content (AvgIpc) is 2.69. The molecular weight excluding hydrogens is 345 g/mol. The summed E-state index contributed by atoms with van der Waals surface area (Å²) in [7, 11) is 1.58. The van der Waals surface area contributed by atoms with Crippen LogP contribution in [0.1, 0.15) is 18.1 Å². The molecule has 0 aromatic heterocycles. The summed E-state index contributed by atoms with van der Waals surface area (Å²) in [6, 6.07) is 12.2. The molecule has 0 fully saturated rings. The third-order valence-electron chi connectivity index (χ3n) is 3.71. The highest BCUT2D eigenvalue weighted by Gasteiger charge is 2.06. The van der Waals surface area contributed by atoms with Crippen molar-refractivity contribution in [2.24, 2.45) is 4.99 Å². The first kappa shape index (κ1) is 20.1. The second-order valence-corrected chi connectivity index (χ2v) is 5.62. The van der Waals surface area contributed by atoms with Crippen molar-refractivity contribution < 1.29 is 13.9 Å². The molecule has 2 N–H and O–H groups in total. The number of methoxy groups -OCH3 is 1. The Kier molecular flexibility index (Phi) is 7.98. The van der Waals surface area contributed by atoms with E-state index >= 15 is 0 Å². The van der Waals surface area contributed by atoms with Crippen molar-refractivity contribution in [1.82, 2.24) is 10.6 Å². The molecule has 27 heavy (non-hydrogen) atoms. The van der Waals surface area contributed by atoms with Crippen LogP contribution in [-0.2, 0) is 13.1 Å². The Morgan fingerprint density at radius 3 is 2.70 bits per heavy atom. The zero-order chi connectivity index (χ0) is 19.5. The van der Waals surface area contributed by atoms with Gasteiger partial charge in [0.05, 0.1) is 13.7 Å². The first-order valence-electron chi connectivity index (χ1n) is 8.66. The SMILES string of the molecule is C#CCOc1cc(CN=C(NCC)NCc2ccccc2F)ccc1OC. The molecule has 0 spiro atoms. The second-order valence-electron chi connectivity index (χ2n) is 5.62. The molecule has 2 aromatic rings. The van der Waals surface area contributed by atoms with Gasteiger partial charge in [-0.05, 0) is 30.7 Å². The molecule has 5 nitrogen and oxygen atoms in total. The molecule has 0 radical (unpaired) electrons. The maximum absolute atomic E-state index is 13.8. The fraction of sp³-hybridized carbons (Fsp3) is 0.286. The lowest BCUT2D eigenvalue weighted by Gasteiger charge is -2.13. The number of guanidine groups is 1. The smallest absolute Gasteiger partial charge is 0.191 e. The fourth-order valence-corrected chi connectivity index (χ4v) is 2.38. The van der Waals surface area contributed by atoms with Gasteiger partial charge in [-0.15, -0.1) is 6.42 Å². The highest BCUT2D eigenvalue weighted by Crippen LogP contribution is 2.28. The Morgan fingerprint density at radius 1 is 1.19 bits per heavy atom. The molecule has 0 aliphatic carbocycles. The van der Waals surface area contributed by atoms with E-state index in [1.165, 1.54) is 6.07 Å². The van der Waals surface area contributed by atoms with Crippen molar-refractivity contribution in [3.05, 3.63) is 59.4 Å². The van der Waals surface area contributed by atoms with Crippen molar-refractivity contribution in [2.45, 2.75) is 20.0 Å². The maximum Gasteiger partial charge on any atom is 0.191 e. The minimum atomic E-state index is -0.244. The van der Waals surface area contributed by atoms with Gasteiger partial charge < -0.3 is 20.1 Å². The summed E-state index contributed by atoms with van der Waals surface area (Å²) < 4.78 is 24.5. The molecule has 6 heteroatoms. The maximum atomic E-state index is 13.8. The van der Waals surface area contributed by atoms with Crippen LogP contribution in [0.25, 0.3) is 0 Å². The van der Waals surface area contributed by atoms with E-state index in [4.69, 9.17) is 15.9 Å². The van der Waals surface area contributed by atoms with Gasteiger partial charge in [-0.3, -0.25) is 0 Å². The molecule has 0 atom stereocenters. The number of hydrogen-bond acceptors (Lipinski definition) is 3. The summed E-state index contributed by atoms with van der Waals surface area (Å²) in [6.45, 7) is 3.60. The zero-order valence-electron chi connectivity index (χ0n) is 15.6. The zero-order valence-corrected chi connectivity index (χ0v) is 15.6. The van der Waals surface area contributed by atoms with Crippen molar-refractivity contribution in [2.75, 3.05) is 20.3 Å². The molecule has 0 bridgehead atoms. The van der Waals surface area contributed by atoms with E-state index in [2.05, 4.69) is 21.5 Å². The summed E-state index contributed by atoms with van der Waals surface area (Å²) >= 11 is 0. The van der Waals surface area contributed by atoms with E-state index in [1.807, 2.05) is 25.1 Å². The largest absolute Gasteiger partial charge is 0.493 e. The Morgan fingerprint density at radius 2 is 2.00 bits per heavy atom. The van der Waals surface area contributed by atoms with E-state index in [1.54, 1.807) is 25.3 Å². The van der Waals surface area contributed by atoms with Gasteiger partial charge in [-0.2, -0.15) is 0 Å². The third kappa shape index (κ3) is 6.23. The van der Waals surface area contributed by atoms with E-state index in [0.29, 0.717) is 42.7 Å². The summed E-state index contributed by atoms with van der Waals surface area (Å²) in [5, 5.41) is 6.28. The Bertz CT molecular complexity index is 815. The van der Waals surface area contributed by atoms with Crippen LogP contribution < -0.4 is 20.1 Å². The van der Waals surface area contributed by atoms with Crippen LogP contribution in [-0.4, -0.2) is 26.2 Å². The molecule has 2 rings (SSSR count). The molecule has 0 saturated heterocycles. The van der Waals surface area contributed by atoms with Crippen molar-refractivity contribution >= 4 is 5.96 Å². The standard InChI is InChI=1S/C21H24FN3O2/c1-4-12-27-20-13-16(10-11-19(20)26-3)14-24-21(23-5-2)25-15-17-8-6-7-9-18(17)22/h1,6-11,13H,5,12,14-15H2,2-3H3,(H2,23,24,25). The number of benzene rings is 2. The van der Waals surface area contributed by atoms with Crippen LogP contribution >= 0.6 is 0 Å². The highest BCUT2D eigenvalue weighted by molar-refractivity contribution is 5.79. The van der Waals surface area contributed by atoms with Gasteiger partial charge in [0.1, 0.15) is 12.4 Å². The molecule has 2 aromatic carbocycles. The molecule has 0 unspecified atom stereocenters. The molecule has 0 amide bonds. The monoisotopic (exact) mass is 369 g/mol. The lowest BCUT2D eigenvalue weighted by molar-refractivity contribution is 0.330. The molecule has 142 valence electrons. The third-order valence-corrected chi connectivity index (χ3v) is 3.71. The predicted molar refractivity (Wildman–Crippen MR) is 105 cm³/mol. The first-order valence-corrected chi connectivity index (χ1v) is 8.66. The van der Waals surface area contributed by atoms with Crippen LogP contribution in [0.4, 0.5) is 4.39 Å². The minimum absolute atomic E-state index is 0.163. The second kappa shape index (κ2) is 10.7. The van der Waals surface area contributed by atoms with Gasteiger partial charge in [0.2, 0.25) is 0 Å². The first-order chi connectivity index (χ1) is 13.2. The Hall–Kier alpha value is -3.20. The molecule has 0 saturated carbocycles. The van der Waals surface area contributed by atoms with Crippen molar-refractivity contribution in [3.63, 3.8) is 0 Å². The highest BCUT2D eigenvalue weighted by atomic mass is 19.1. The quantitative estimate of drug-likeness (QED) is 0.427. The average molecular weight is 369 g/mol. The van der Waals surface area contributed by atoms with Crippen LogP contribution in [0, 0.1) is 18.2 Å². The fourth-order valence-electron chi connectivity index (χ4n) is 2.38. The van der Waals surface area contributed by atoms with Crippen LogP contribution in [0.15, 0.2) is 47.5 Å². The number of ether oxygens (including phenoxy) is 2. The van der Waals surface area contributed by atoms with Gasteiger partial charge in [0.15, 0.2) is 17.5 Å². The minimum Gasteiger partial charge on any atom is -0.493 e. The van der Waals surface area contributed by atoms with Crippen LogP contribution in [0.5, 0.6) is 11.5 Å².